The lowest BCUT2D eigenvalue weighted by atomic mass is 10.2. The van der Waals surface area contributed by atoms with Crippen LogP contribution in [0.15, 0.2) is 59.8 Å². The summed E-state index contributed by atoms with van der Waals surface area (Å²) in [5.41, 5.74) is 4.41. The SMILES string of the molecule is Cc1cc(C)nc(SCc2nc3cc(NC(=O)COc4ccccc4)ccc3n2C)n1. The second kappa shape index (κ2) is 9.18. The minimum absolute atomic E-state index is 0.0535. The number of amides is 1. The highest BCUT2D eigenvalue weighted by Gasteiger charge is 2.11. The van der Waals surface area contributed by atoms with Gasteiger partial charge in [0, 0.05) is 24.1 Å². The molecule has 158 valence electrons. The lowest BCUT2D eigenvalue weighted by Gasteiger charge is -2.07. The zero-order chi connectivity index (χ0) is 21.8. The summed E-state index contributed by atoms with van der Waals surface area (Å²) in [4.78, 5) is 25.9. The number of para-hydroxylation sites is 1. The van der Waals surface area contributed by atoms with Crippen molar-refractivity contribution in [2.45, 2.75) is 24.8 Å². The summed E-state index contributed by atoms with van der Waals surface area (Å²) in [5.74, 6) is 2.01. The number of anilines is 1. The highest BCUT2D eigenvalue weighted by Crippen LogP contribution is 2.24. The summed E-state index contributed by atoms with van der Waals surface area (Å²) in [6.07, 6.45) is 0. The number of rotatable bonds is 7. The van der Waals surface area contributed by atoms with Gasteiger partial charge in [-0.15, -0.1) is 0 Å². The zero-order valence-electron chi connectivity index (χ0n) is 17.6. The molecule has 0 aliphatic rings. The number of thioether (sulfide) groups is 1. The van der Waals surface area contributed by atoms with E-state index in [1.165, 1.54) is 0 Å². The molecule has 0 spiro atoms. The van der Waals surface area contributed by atoms with Crippen LogP contribution in [0.5, 0.6) is 5.75 Å². The van der Waals surface area contributed by atoms with Gasteiger partial charge >= 0.3 is 0 Å². The van der Waals surface area contributed by atoms with Crippen LogP contribution in [0.2, 0.25) is 0 Å². The van der Waals surface area contributed by atoms with E-state index in [0.29, 0.717) is 17.2 Å². The van der Waals surface area contributed by atoms with Gasteiger partial charge in [0.1, 0.15) is 11.6 Å². The van der Waals surface area contributed by atoms with Gasteiger partial charge in [-0.1, -0.05) is 30.0 Å². The van der Waals surface area contributed by atoms with Crippen LogP contribution < -0.4 is 10.1 Å². The monoisotopic (exact) mass is 433 g/mol. The Labute approximate surface area is 184 Å². The van der Waals surface area contributed by atoms with E-state index in [-0.39, 0.29) is 12.5 Å². The van der Waals surface area contributed by atoms with E-state index >= 15 is 0 Å². The van der Waals surface area contributed by atoms with E-state index in [1.807, 2.05) is 75.5 Å². The van der Waals surface area contributed by atoms with Gasteiger partial charge in [0.2, 0.25) is 0 Å². The van der Waals surface area contributed by atoms with Gasteiger partial charge in [-0.2, -0.15) is 0 Å². The van der Waals surface area contributed by atoms with Crippen LogP contribution in [0.4, 0.5) is 5.69 Å². The molecule has 0 unspecified atom stereocenters. The van der Waals surface area contributed by atoms with Crippen molar-refractivity contribution in [3.8, 4) is 5.75 Å². The molecule has 4 rings (SSSR count). The van der Waals surface area contributed by atoms with Crippen LogP contribution >= 0.6 is 11.8 Å². The van der Waals surface area contributed by atoms with Crippen molar-refractivity contribution in [2.24, 2.45) is 7.05 Å². The van der Waals surface area contributed by atoms with E-state index in [0.717, 1.165) is 33.4 Å². The van der Waals surface area contributed by atoms with Gasteiger partial charge in [0.05, 0.1) is 16.8 Å². The summed E-state index contributed by atoms with van der Waals surface area (Å²) in [7, 11) is 1.99. The molecule has 0 aliphatic carbocycles. The predicted molar refractivity (Wildman–Crippen MR) is 122 cm³/mol. The predicted octanol–water partition coefficient (Wildman–Crippen LogP) is 4.29. The second-order valence-corrected chi connectivity index (χ2v) is 8.10. The number of hydrogen-bond acceptors (Lipinski definition) is 6. The van der Waals surface area contributed by atoms with Crippen molar-refractivity contribution >= 4 is 34.4 Å². The summed E-state index contributed by atoms with van der Waals surface area (Å²) in [5, 5.41) is 3.61. The number of nitrogens with one attached hydrogen (secondary N) is 1. The quantitative estimate of drug-likeness (QED) is 0.346. The first-order valence-corrected chi connectivity index (χ1v) is 10.8. The molecule has 0 aliphatic heterocycles. The van der Waals surface area contributed by atoms with E-state index in [1.54, 1.807) is 11.8 Å². The molecule has 0 atom stereocenters. The van der Waals surface area contributed by atoms with Gasteiger partial charge in [-0.25, -0.2) is 15.0 Å². The highest BCUT2D eigenvalue weighted by atomic mass is 32.2. The Morgan fingerprint density at radius 3 is 2.52 bits per heavy atom. The Morgan fingerprint density at radius 1 is 1.03 bits per heavy atom. The van der Waals surface area contributed by atoms with Crippen LogP contribution in [0.3, 0.4) is 0 Å². The molecule has 0 saturated carbocycles. The molecule has 2 heterocycles. The number of fused-ring (bicyclic) bond motifs is 1. The van der Waals surface area contributed by atoms with Crippen molar-refractivity contribution in [1.82, 2.24) is 19.5 Å². The zero-order valence-corrected chi connectivity index (χ0v) is 18.4. The lowest BCUT2D eigenvalue weighted by molar-refractivity contribution is -0.118. The summed E-state index contributed by atoms with van der Waals surface area (Å²) in [6, 6.07) is 16.9. The molecular formula is C23H23N5O2S. The van der Waals surface area contributed by atoms with Crippen LogP contribution in [0.1, 0.15) is 17.2 Å². The number of benzene rings is 2. The molecule has 1 amide bonds. The van der Waals surface area contributed by atoms with Crippen molar-refractivity contribution in [3.63, 3.8) is 0 Å². The Kier molecular flexibility index (Phi) is 6.18. The van der Waals surface area contributed by atoms with Crippen molar-refractivity contribution in [2.75, 3.05) is 11.9 Å². The molecule has 2 aromatic carbocycles. The van der Waals surface area contributed by atoms with Crippen LogP contribution in [0, 0.1) is 13.8 Å². The van der Waals surface area contributed by atoms with Crippen molar-refractivity contribution < 1.29 is 9.53 Å². The topological polar surface area (TPSA) is 81.9 Å². The van der Waals surface area contributed by atoms with Crippen LogP contribution in [-0.2, 0) is 17.6 Å². The molecule has 0 fully saturated rings. The highest BCUT2D eigenvalue weighted by molar-refractivity contribution is 7.98. The van der Waals surface area contributed by atoms with E-state index in [4.69, 9.17) is 9.72 Å². The minimum atomic E-state index is -0.220. The standard InChI is InChI=1S/C23H23N5O2S/c1-15-11-16(2)25-23(24-15)31-14-21-27-19-12-17(9-10-20(19)28(21)3)26-22(29)13-30-18-7-5-4-6-8-18/h4-12H,13-14H2,1-3H3,(H,26,29). The number of hydrogen-bond donors (Lipinski definition) is 1. The van der Waals surface area contributed by atoms with Gasteiger partial charge < -0.3 is 14.6 Å². The molecule has 4 aromatic rings. The fraction of sp³-hybridized carbons (Fsp3) is 0.217. The average molecular weight is 434 g/mol. The summed E-state index contributed by atoms with van der Waals surface area (Å²) >= 11 is 1.56. The number of ether oxygens (including phenoxy) is 1. The normalized spacial score (nSPS) is 10.9. The number of aromatic nitrogens is 4. The Morgan fingerprint density at radius 2 is 1.77 bits per heavy atom. The third-order valence-corrected chi connectivity index (χ3v) is 5.51. The molecule has 0 saturated heterocycles. The number of imidazole rings is 1. The molecular weight excluding hydrogens is 410 g/mol. The van der Waals surface area contributed by atoms with E-state index < -0.39 is 0 Å². The average Bonchev–Trinajstić information content (AvgIpc) is 3.06. The van der Waals surface area contributed by atoms with Gasteiger partial charge in [-0.3, -0.25) is 4.79 Å². The number of carbonyl (C=O) groups excluding carboxylic acids is 1. The number of nitrogens with zero attached hydrogens (tertiary/aromatic N) is 4. The third-order valence-electron chi connectivity index (χ3n) is 4.66. The van der Waals surface area contributed by atoms with E-state index in [9.17, 15) is 4.79 Å². The maximum atomic E-state index is 12.2. The van der Waals surface area contributed by atoms with Gasteiger partial charge in [0.25, 0.3) is 5.91 Å². The lowest BCUT2D eigenvalue weighted by Crippen LogP contribution is -2.20. The number of aryl methyl sites for hydroxylation is 3. The van der Waals surface area contributed by atoms with Gasteiger partial charge in [0.15, 0.2) is 11.8 Å². The molecule has 1 N–H and O–H groups in total. The molecule has 2 aromatic heterocycles. The Hall–Kier alpha value is -3.39. The van der Waals surface area contributed by atoms with Crippen LogP contribution in [0.25, 0.3) is 11.0 Å². The first kappa shape index (κ1) is 20.9. The third kappa shape index (κ3) is 5.21. The maximum Gasteiger partial charge on any atom is 0.262 e. The smallest absolute Gasteiger partial charge is 0.262 e. The fourth-order valence-electron chi connectivity index (χ4n) is 3.21. The number of carbonyl (C=O) groups is 1. The van der Waals surface area contributed by atoms with Crippen molar-refractivity contribution in [3.05, 3.63) is 71.8 Å². The first-order chi connectivity index (χ1) is 15.0. The molecule has 7 nitrogen and oxygen atoms in total. The van der Waals surface area contributed by atoms with Gasteiger partial charge in [-0.05, 0) is 50.2 Å². The van der Waals surface area contributed by atoms with Crippen molar-refractivity contribution in [1.29, 1.82) is 0 Å². The van der Waals surface area contributed by atoms with E-state index in [2.05, 4.69) is 19.9 Å². The molecule has 0 radical (unpaired) electrons. The molecule has 0 bridgehead atoms. The summed E-state index contributed by atoms with van der Waals surface area (Å²) < 4.78 is 7.55. The Balaban J connectivity index is 1.42. The minimum Gasteiger partial charge on any atom is -0.484 e. The largest absolute Gasteiger partial charge is 0.484 e. The summed E-state index contributed by atoms with van der Waals surface area (Å²) in [6.45, 7) is 3.88. The first-order valence-electron chi connectivity index (χ1n) is 9.86. The van der Waals surface area contributed by atoms with Crippen LogP contribution in [-0.4, -0.2) is 32.0 Å². The maximum absolute atomic E-state index is 12.2. The molecule has 31 heavy (non-hydrogen) atoms. The molecule has 8 heteroatoms. The second-order valence-electron chi connectivity index (χ2n) is 7.16. The fourth-order valence-corrected chi connectivity index (χ4v) is 4.14. The Bertz CT molecular complexity index is 1200.